The van der Waals surface area contributed by atoms with Gasteiger partial charge in [0.05, 0.1) is 11.7 Å². The lowest BCUT2D eigenvalue weighted by atomic mass is 9.71. The van der Waals surface area contributed by atoms with Crippen LogP contribution in [0.1, 0.15) is 39.4 Å². The quantitative estimate of drug-likeness (QED) is 0.326. The molecule has 2 heterocycles. The number of carbonyl (C=O) groups is 1. The smallest absolute Gasteiger partial charge is 0.260 e. The molecule has 3 aromatic carbocycles. The molecule has 6 rings (SSSR count). The van der Waals surface area contributed by atoms with E-state index in [2.05, 4.69) is 10.3 Å². The molecule has 3 N–H and O–H groups in total. The van der Waals surface area contributed by atoms with Gasteiger partial charge in [-0.15, -0.1) is 0 Å². The molecule has 1 aliphatic carbocycles. The van der Waals surface area contributed by atoms with Gasteiger partial charge in [0, 0.05) is 34.5 Å². The highest BCUT2D eigenvalue weighted by Crippen LogP contribution is 2.66. The Balaban J connectivity index is 1.46. The van der Waals surface area contributed by atoms with Crippen LogP contribution in [0.4, 0.5) is 10.1 Å². The highest BCUT2D eigenvalue weighted by atomic mass is 35.5. The van der Waals surface area contributed by atoms with Crippen molar-refractivity contribution in [2.45, 2.75) is 29.6 Å². The number of carbonyl (C=O) groups excluding carboxylic acids is 1. The minimum atomic E-state index is -1.78. The molecular formula is C29H22ClFN2O4. The molecule has 37 heavy (non-hydrogen) atoms. The number of ether oxygens (including phenoxy) is 1. The number of aromatic nitrogens is 1. The van der Waals surface area contributed by atoms with Crippen molar-refractivity contribution in [1.29, 1.82) is 0 Å². The van der Waals surface area contributed by atoms with Crippen LogP contribution in [0.3, 0.4) is 0 Å². The summed E-state index contributed by atoms with van der Waals surface area (Å²) in [5.41, 5.74) is -1.04. The molecule has 1 amide bonds. The number of hydrogen-bond donors (Lipinski definition) is 3. The second-order valence-electron chi connectivity index (χ2n) is 9.33. The zero-order valence-electron chi connectivity index (χ0n) is 19.4. The third kappa shape index (κ3) is 3.46. The zero-order chi connectivity index (χ0) is 25.8. The van der Waals surface area contributed by atoms with E-state index in [1.807, 2.05) is 30.3 Å². The first-order valence-corrected chi connectivity index (χ1v) is 12.2. The Kier molecular flexibility index (Phi) is 5.53. The number of rotatable bonds is 4. The zero-order valence-corrected chi connectivity index (χ0v) is 20.2. The minimum absolute atomic E-state index is 0.198. The summed E-state index contributed by atoms with van der Waals surface area (Å²) in [5, 5.41) is 26.8. The lowest BCUT2D eigenvalue weighted by Gasteiger charge is -2.40. The van der Waals surface area contributed by atoms with Gasteiger partial charge in [-0.2, -0.15) is 4.39 Å². The maximum absolute atomic E-state index is 14.0. The van der Waals surface area contributed by atoms with Crippen LogP contribution in [0.15, 0.2) is 91.1 Å². The first-order valence-electron chi connectivity index (χ1n) is 11.8. The van der Waals surface area contributed by atoms with E-state index < -0.39 is 35.1 Å². The van der Waals surface area contributed by atoms with Crippen molar-refractivity contribution in [3.8, 4) is 5.75 Å². The van der Waals surface area contributed by atoms with Gasteiger partial charge in [0.1, 0.15) is 5.75 Å². The van der Waals surface area contributed by atoms with Crippen molar-refractivity contribution in [2.75, 3.05) is 5.32 Å². The number of nitrogens with one attached hydrogen (secondary N) is 1. The number of fused-ring (bicyclic) bond motifs is 3. The molecule has 186 valence electrons. The Morgan fingerprint density at radius 3 is 2.54 bits per heavy atom. The summed E-state index contributed by atoms with van der Waals surface area (Å²) in [6, 6.07) is 24.2. The molecule has 1 saturated carbocycles. The number of hydrogen-bond acceptors (Lipinski definition) is 5. The number of pyridine rings is 1. The topological polar surface area (TPSA) is 91.7 Å². The minimum Gasteiger partial charge on any atom is -0.478 e. The van der Waals surface area contributed by atoms with E-state index in [1.54, 1.807) is 42.5 Å². The summed E-state index contributed by atoms with van der Waals surface area (Å²) in [4.78, 5) is 16.2. The second-order valence-corrected chi connectivity index (χ2v) is 9.77. The standard InChI is InChI=1S/C29H22ClFN2O4/c30-19-10-8-18(9-11-19)29-23(17-5-2-1-3-6-17)16-25(34)28(29,36)22-13-12-20(15-24(22)37-29)33-27(35)21-7-4-14-32-26(21)31/h1-15,23,25,34,36H,16H2,(H,33,35)/t23-,25+,28-,29-/m1/s1. The van der Waals surface area contributed by atoms with Crippen LogP contribution >= 0.6 is 11.6 Å². The number of amides is 1. The Morgan fingerprint density at radius 1 is 1.05 bits per heavy atom. The predicted molar refractivity (Wildman–Crippen MR) is 136 cm³/mol. The predicted octanol–water partition coefficient (Wildman–Crippen LogP) is 5.15. The fraction of sp³-hybridized carbons (Fsp3) is 0.172. The summed E-state index contributed by atoms with van der Waals surface area (Å²) in [7, 11) is 0. The van der Waals surface area contributed by atoms with E-state index in [-0.39, 0.29) is 12.0 Å². The molecule has 2 aliphatic rings. The number of anilines is 1. The van der Waals surface area contributed by atoms with Gasteiger partial charge in [0.25, 0.3) is 5.91 Å². The molecule has 4 atom stereocenters. The fourth-order valence-corrected chi connectivity index (χ4v) is 5.89. The van der Waals surface area contributed by atoms with E-state index in [4.69, 9.17) is 16.3 Å². The van der Waals surface area contributed by atoms with Gasteiger partial charge >= 0.3 is 0 Å². The van der Waals surface area contributed by atoms with Crippen LogP contribution in [-0.2, 0) is 11.2 Å². The maximum Gasteiger partial charge on any atom is 0.260 e. The lowest BCUT2D eigenvalue weighted by molar-refractivity contribution is -0.149. The largest absolute Gasteiger partial charge is 0.478 e. The van der Waals surface area contributed by atoms with Gasteiger partial charge in [-0.3, -0.25) is 4.79 Å². The van der Waals surface area contributed by atoms with Crippen molar-refractivity contribution in [2.24, 2.45) is 0 Å². The first-order chi connectivity index (χ1) is 17.8. The van der Waals surface area contributed by atoms with Gasteiger partial charge in [-0.25, -0.2) is 4.98 Å². The van der Waals surface area contributed by atoms with Gasteiger partial charge < -0.3 is 20.3 Å². The van der Waals surface area contributed by atoms with Crippen LogP contribution in [0, 0.1) is 5.95 Å². The lowest BCUT2D eigenvalue weighted by Crippen LogP contribution is -2.51. The Bertz CT molecular complexity index is 1500. The summed E-state index contributed by atoms with van der Waals surface area (Å²) in [6.45, 7) is 0. The summed E-state index contributed by atoms with van der Waals surface area (Å²) < 4.78 is 20.7. The fourth-order valence-electron chi connectivity index (χ4n) is 5.76. The number of benzene rings is 3. The van der Waals surface area contributed by atoms with Crippen LogP contribution in [0.2, 0.25) is 5.02 Å². The van der Waals surface area contributed by atoms with Crippen LogP contribution in [0.5, 0.6) is 5.75 Å². The van der Waals surface area contributed by atoms with Crippen molar-refractivity contribution < 1.29 is 24.1 Å². The molecule has 4 aromatic rings. The van der Waals surface area contributed by atoms with Gasteiger partial charge in [0.2, 0.25) is 5.95 Å². The van der Waals surface area contributed by atoms with E-state index in [1.165, 1.54) is 18.3 Å². The number of nitrogens with zero attached hydrogens (tertiary/aromatic N) is 1. The summed E-state index contributed by atoms with van der Waals surface area (Å²) in [5.74, 6) is -1.64. The molecule has 8 heteroatoms. The van der Waals surface area contributed by atoms with Gasteiger partial charge in [-0.05, 0) is 47.9 Å². The van der Waals surface area contributed by atoms with E-state index >= 15 is 0 Å². The molecule has 1 aliphatic heterocycles. The van der Waals surface area contributed by atoms with Crippen molar-refractivity contribution in [3.63, 3.8) is 0 Å². The third-order valence-electron chi connectivity index (χ3n) is 7.40. The second kappa shape index (κ2) is 8.66. The summed E-state index contributed by atoms with van der Waals surface area (Å²) in [6.07, 6.45) is 0.389. The Labute approximate surface area is 217 Å². The van der Waals surface area contributed by atoms with Gasteiger partial charge in [0.15, 0.2) is 11.2 Å². The van der Waals surface area contributed by atoms with Crippen molar-refractivity contribution in [1.82, 2.24) is 4.98 Å². The highest BCUT2D eigenvalue weighted by molar-refractivity contribution is 6.30. The Hall–Kier alpha value is -3.78. The summed E-state index contributed by atoms with van der Waals surface area (Å²) >= 11 is 6.17. The molecule has 1 fully saturated rings. The van der Waals surface area contributed by atoms with Crippen molar-refractivity contribution in [3.05, 3.63) is 124 Å². The Morgan fingerprint density at radius 2 is 1.81 bits per heavy atom. The average molecular weight is 517 g/mol. The number of aliphatic hydroxyl groups is 2. The van der Waals surface area contributed by atoms with Gasteiger partial charge in [-0.1, -0.05) is 60.1 Å². The van der Waals surface area contributed by atoms with Crippen molar-refractivity contribution >= 4 is 23.2 Å². The molecule has 0 saturated heterocycles. The van der Waals surface area contributed by atoms with Crippen LogP contribution < -0.4 is 10.1 Å². The van der Waals surface area contributed by atoms with Crippen LogP contribution in [-0.4, -0.2) is 27.2 Å². The molecule has 6 nitrogen and oxygen atoms in total. The number of aliphatic hydroxyl groups excluding tert-OH is 1. The highest BCUT2D eigenvalue weighted by Gasteiger charge is 2.72. The van der Waals surface area contributed by atoms with E-state index in [0.717, 1.165) is 5.56 Å². The molecule has 0 radical (unpaired) electrons. The molecule has 0 unspecified atom stereocenters. The molecule has 0 spiro atoms. The molecule has 0 bridgehead atoms. The van der Waals surface area contributed by atoms with E-state index in [9.17, 15) is 19.4 Å². The molecule has 1 aromatic heterocycles. The maximum atomic E-state index is 14.0. The van der Waals surface area contributed by atoms with Crippen LogP contribution in [0.25, 0.3) is 0 Å². The first kappa shape index (κ1) is 23.6. The molecular weight excluding hydrogens is 495 g/mol. The van der Waals surface area contributed by atoms with E-state index in [0.29, 0.717) is 27.6 Å². The SMILES string of the molecule is O=C(Nc1ccc2c(c1)O[C@]1(c3ccc(Cl)cc3)[C@@H](c3ccccc3)C[C@H](O)[C@]21O)c1cccnc1F. The average Bonchev–Trinajstić information content (AvgIpc) is 3.30. The normalized spacial score (nSPS) is 25.7. The number of halogens is 2. The third-order valence-corrected chi connectivity index (χ3v) is 7.65. The monoisotopic (exact) mass is 516 g/mol.